The molecule has 2 heterocycles. The standard InChI is InChI=1S/C22H32N4O4/c1-3-4-8-20(27)24-16-12-17-14-30-18-7-5-6-15(11-18)21(28)25(2)10-9-19(23)22(29)26(17)13-16/h5-7,11,16-17,19H,3-4,8-10,12-14,23H2,1-2H3,(H,24,27)/t16-,17-,19-/m0/s1. The van der Waals surface area contributed by atoms with Gasteiger partial charge in [0.25, 0.3) is 5.91 Å². The van der Waals surface area contributed by atoms with Crippen LogP contribution in [0.1, 0.15) is 49.4 Å². The third-order valence-electron chi connectivity index (χ3n) is 5.78. The van der Waals surface area contributed by atoms with E-state index in [4.69, 9.17) is 10.5 Å². The maximum Gasteiger partial charge on any atom is 0.253 e. The van der Waals surface area contributed by atoms with Gasteiger partial charge in [-0.15, -0.1) is 0 Å². The van der Waals surface area contributed by atoms with Crippen LogP contribution < -0.4 is 15.8 Å². The van der Waals surface area contributed by atoms with Crippen LogP contribution in [-0.2, 0) is 9.59 Å². The van der Waals surface area contributed by atoms with Crippen LogP contribution in [0.2, 0.25) is 0 Å². The van der Waals surface area contributed by atoms with Gasteiger partial charge in [-0.2, -0.15) is 0 Å². The van der Waals surface area contributed by atoms with Crippen molar-refractivity contribution in [3.05, 3.63) is 29.8 Å². The van der Waals surface area contributed by atoms with Gasteiger partial charge in [-0.3, -0.25) is 14.4 Å². The molecule has 8 heteroatoms. The van der Waals surface area contributed by atoms with Crippen molar-refractivity contribution in [1.82, 2.24) is 15.1 Å². The van der Waals surface area contributed by atoms with E-state index in [-0.39, 0.29) is 36.4 Å². The maximum atomic E-state index is 13.0. The lowest BCUT2D eigenvalue weighted by Crippen LogP contribution is -2.49. The van der Waals surface area contributed by atoms with Crippen LogP contribution in [0.4, 0.5) is 0 Å². The SMILES string of the molecule is CCCCC(=O)N[C@H]1C[C@H]2COc3cccc(c3)C(=O)N(C)CC[C@H](N)C(=O)N2C1. The highest BCUT2D eigenvalue weighted by Crippen LogP contribution is 2.23. The molecule has 1 aromatic carbocycles. The Bertz CT molecular complexity index is 784. The first-order valence-corrected chi connectivity index (χ1v) is 10.7. The molecule has 3 rings (SSSR count). The molecule has 1 fully saturated rings. The minimum absolute atomic E-state index is 0.0161. The number of benzene rings is 1. The fourth-order valence-corrected chi connectivity index (χ4v) is 3.99. The molecule has 164 valence electrons. The molecule has 1 aromatic rings. The second-order valence-corrected chi connectivity index (χ2v) is 8.21. The van der Waals surface area contributed by atoms with Crippen molar-refractivity contribution in [2.75, 3.05) is 26.7 Å². The van der Waals surface area contributed by atoms with E-state index in [2.05, 4.69) is 5.32 Å². The van der Waals surface area contributed by atoms with Gasteiger partial charge in [0.2, 0.25) is 11.8 Å². The van der Waals surface area contributed by atoms with Crippen LogP contribution in [0.3, 0.4) is 0 Å². The molecule has 1 saturated heterocycles. The smallest absolute Gasteiger partial charge is 0.253 e. The number of nitrogens with one attached hydrogen (secondary N) is 1. The molecule has 0 aromatic heterocycles. The molecule has 0 saturated carbocycles. The van der Waals surface area contributed by atoms with E-state index in [9.17, 15) is 14.4 Å². The molecule has 0 unspecified atom stereocenters. The van der Waals surface area contributed by atoms with E-state index in [1.54, 1.807) is 41.1 Å². The maximum absolute atomic E-state index is 13.0. The second-order valence-electron chi connectivity index (χ2n) is 8.21. The van der Waals surface area contributed by atoms with E-state index in [1.165, 1.54) is 0 Å². The first-order chi connectivity index (χ1) is 14.4. The molecule has 2 aliphatic rings. The van der Waals surface area contributed by atoms with Gasteiger partial charge < -0.3 is 25.6 Å². The highest BCUT2D eigenvalue weighted by Gasteiger charge is 2.38. The number of nitrogens with zero attached hydrogens (tertiary/aromatic N) is 2. The Balaban J connectivity index is 1.77. The van der Waals surface area contributed by atoms with E-state index in [1.807, 2.05) is 6.92 Å². The number of nitrogens with two attached hydrogens (primary N) is 1. The fourth-order valence-electron chi connectivity index (χ4n) is 3.99. The summed E-state index contributed by atoms with van der Waals surface area (Å²) < 4.78 is 5.94. The number of unbranched alkanes of at least 4 members (excludes halogenated alkanes) is 1. The van der Waals surface area contributed by atoms with Gasteiger partial charge in [0.05, 0.1) is 12.1 Å². The zero-order valence-corrected chi connectivity index (χ0v) is 17.8. The molecule has 8 nitrogen and oxygen atoms in total. The lowest BCUT2D eigenvalue weighted by Gasteiger charge is -2.27. The molecular weight excluding hydrogens is 384 g/mol. The van der Waals surface area contributed by atoms with Crippen molar-refractivity contribution >= 4 is 17.7 Å². The Morgan fingerprint density at radius 1 is 1.33 bits per heavy atom. The minimum atomic E-state index is -0.707. The van der Waals surface area contributed by atoms with E-state index < -0.39 is 6.04 Å². The fraction of sp³-hybridized carbons (Fsp3) is 0.591. The number of hydrogen-bond acceptors (Lipinski definition) is 5. The van der Waals surface area contributed by atoms with Crippen LogP contribution in [0, 0.1) is 0 Å². The summed E-state index contributed by atoms with van der Waals surface area (Å²) in [6.07, 6.45) is 3.30. The van der Waals surface area contributed by atoms with Gasteiger partial charge >= 0.3 is 0 Å². The summed E-state index contributed by atoms with van der Waals surface area (Å²) in [7, 11) is 1.70. The molecule has 30 heavy (non-hydrogen) atoms. The average Bonchev–Trinajstić information content (AvgIpc) is 3.15. The Hall–Kier alpha value is -2.61. The zero-order chi connectivity index (χ0) is 21.7. The third-order valence-corrected chi connectivity index (χ3v) is 5.78. The molecule has 0 radical (unpaired) electrons. The Morgan fingerprint density at radius 2 is 2.13 bits per heavy atom. The van der Waals surface area contributed by atoms with Crippen molar-refractivity contribution < 1.29 is 19.1 Å². The Labute approximate surface area is 177 Å². The predicted molar refractivity (Wildman–Crippen MR) is 113 cm³/mol. The second kappa shape index (κ2) is 9.93. The summed E-state index contributed by atoms with van der Waals surface area (Å²) in [5, 5.41) is 3.05. The van der Waals surface area contributed by atoms with Gasteiger partial charge in [-0.1, -0.05) is 19.4 Å². The summed E-state index contributed by atoms with van der Waals surface area (Å²) in [6, 6.07) is 6.06. The predicted octanol–water partition coefficient (Wildman–Crippen LogP) is 1.14. The van der Waals surface area contributed by atoms with Crippen LogP contribution in [0.25, 0.3) is 0 Å². The molecule has 0 spiro atoms. The average molecular weight is 417 g/mol. The van der Waals surface area contributed by atoms with Gasteiger partial charge in [-0.25, -0.2) is 0 Å². The van der Waals surface area contributed by atoms with Crippen LogP contribution in [-0.4, -0.2) is 72.4 Å². The largest absolute Gasteiger partial charge is 0.491 e. The number of amides is 3. The van der Waals surface area contributed by atoms with Gasteiger partial charge in [0.1, 0.15) is 12.4 Å². The Morgan fingerprint density at radius 3 is 2.90 bits per heavy atom. The van der Waals surface area contributed by atoms with E-state index in [0.29, 0.717) is 43.7 Å². The van der Waals surface area contributed by atoms with Crippen molar-refractivity contribution in [2.24, 2.45) is 5.73 Å². The Kier molecular flexibility index (Phi) is 7.31. The highest BCUT2D eigenvalue weighted by molar-refractivity contribution is 5.94. The summed E-state index contributed by atoms with van der Waals surface area (Å²) >= 11 is 0. The van der Waals surface area contributed by atoms with Gasteiger partial charge in [-0.05, 0) is 37.5 Å². The molecular formula is C22H32N4O4. The third kappa shape index (κ3) is 5.30. The number of fused-ring (bicyclic) bond motifs is 3. The molecule has 3 N–H and O–H groups in total. The van der Waals surface area contributed by atoms with E-state index >= 15 is 0 Å². The van der Waals surface area contributed by atoms with Gasteiger partial charge in [0.15, 0.2) is 0 Å². The van der Waals surface area contributed by atoms with Crippen LogP contribution >= 0.6 is 0 Å². The van der Waals surface area contributed by atoms with Crippen molar-refractivity contribution in [3.8, 4) is 5.75 Å². The molecule has 2 bridgehead atoms. The van der Waals surface area contributed by atoms with Crippen LogP contribution in [0.15, 0.2) is 24.3 Å². The monoisotopic (exact) mass is 416 g/mol. The lowest BCUT2D eigenvalue weighted by atomic mass is 10.1. The highest BCUT2D eigenvalue weighted by atomic mass is 16.5. The summed E-state index contributed by atoms with van der Waals surface area (Å²) in [5.41, 5.74) is 6.72. The van der Waals surface area contributed by atoms with Crippen LogP contribution in [0.5, 0.6) is 5.75 Å². The first-order valence-electron chi connectivity index (χ1n) is 10.7. The number of hydrogen-bond donors (Lipinski definition) is 2. The quantitative estimate of drug-likeness (QED) is 0.766. The van der Waals surface area contributed by atoms with E-state index in [0.717, 1.165) is 12.8 Å². The number of ether oxygens (including phenoxy) is 1. The zero-order valence-electron chi connectivity index (χ0n) is 17.8. The summed E-state index contributed by atoms with van der Waals surface area (Å²) in [4.78, 5) is 41.1. The summed E-state index contributed by atoms with van der Waals surface area (Å²) in [6.45, 7) is 3.14. The number of carbonyl (C=O) groups excluding carboxylic acids is 3. The van der Waals surface area contributed by atoms with Crippen molar-refractivity contribution in [2.45, 2.75) is 57.2 Å². The topological polar surface area (TPSA) is 105 Å². The number of carbonyl (C=O) groups is 3. The van der Waals surface area contributed by atoms with Crippen molar-refractivity contribution in [1.29, 1.82) is 0 Å². The van der Waals surface area contributed by atoms with Gasteiger partial charge in [0, 0.05) is 38.2 Å². The normalized spacial score (nSPS) is 25.0. The molecule has 0 aliphatic carbocycles. The van der Waals surface area contributed by atoms with Crippen molar-refractivity contribution in [3.63, 3.8) is 0 Å². The first kappa shape index (κ1) is 22.1. The molecule has 3 amide bonds. The summed E-state index contributed by atoms with van der Waals surface area (Å²) in [5.74, 6) is 0.304. The minimum Gasteiger partial charge on any atom is -0.491 e. The number of rotatable bonds is 4. The molecule has 3 atom stereocenters. The lowest BCUT2D eigenvalue weighted by molar-refractivity contribution is -0.134. The molecule has 2 aliphatic heterocycles.